The molecule has 0 spiro atoms. The molecule has 1 aromatic carbocycles. The van der Waals surface area contributed by atoms with Crippen LogP contribution in [0.1, 0.15) is 24.8 Å². The predicted molar refractivity (Wildman–Crippen MR) is 96.9 cm³/mol. The molecule has 3 aliphatic heterocycles. The number of piperidine rings is 1. The van der Waals surface area contributed by atoms with Crippen molar-refractivity contribution in [3.05, 3.63) is 29.8 Å². The Kier molecular flexibility index (Phi) is 5.27. The number of anilines is 1. The fourth-order valence-corrected chi connectivity index (χ4v) is 4.17. The number of rotatable bonds is 3. The number of nitrogens with one attached hydrogen (secondary N) is 2. The summed E-state index contributed by atoms with van der Waals surface area (Å²) in [6.07, 6.45) is 1.78. The molecule has 0 aromatic heterocycles. The van der Waals surface area contributed by atoms with Gasteiger partial charge in [0, 0.05) is 5.69 Å². The first-order valence-electron chi connectivity index (χ1n) is 9.42. The maximum Gasteiger partial charge on any atom is 0.319 e. The SMILES string of the molecule is N#Cc1cccc(NC(=O)N[C@@H]2[C@H](O)[C@@H](N3CCCCC3)[C@@H]3OC[C@@H]2O3)c1. The molecule has 8 heteroatoms. The summed E-state index contributed by atoms with van der Waals surface area (Å²) in [6, 6.07) is 7.43. The van der Waals surface area contributed by atoms with E-state index in [2.05, 4.69) is 15.5 Å². The Balaban J connectivity index is 1.44. The highest BCUT2D eigenvalue weighted by molar-refractivity contribution is 5.89. The summed E-state index contributed by atoms with van der Waals surface area (Å²) in [5, 5.41) is 25.5. The Labute approximate surface area is 158 Å². The van der Waals surface area contributed by atoms with E-state index in [-0.39, 0.29) is 12.1 Å². The van der Waals surface area contributed by atoms with E-state index in [1.54, 1.807) is 24.3 Å². The molecule has 0 saturated carbocycles. The summed E-state index contributed by atoms with van der Waals surface area (Å²) in [4.78, 5) is 14.7. The summed E-state index contributed by atoms with van der Waals surface area (Å²) in [7, 11) is 0. The molecule has 1 aromatic rings. The van der Waals surface area contributed by atoms with Crippen LogP contribution in [0, 0.1) is 11.3 Å². The van der Waals surface area contributed by atoms with Crippen molar-refractivity contribution in [3.8, 4) is 6.07 Å². The third kappa shape index (κ3) is 3.77. The van der Waals surface area contributed by atoms with Gasteiger partial charge in [0.15, 0.2) is 6.29 Å². The maximum atomic E-state index is 12.5. The fourth-order valence-electron chi connectivity index (χ4n) is 4.17. The number of benzene rings is 1. The average molecular weight is 372 g/mol. The van der Waals surface area contributed by atoms with Crippen molar-refractivity contribution in [3.63, 3.8) is 0 Å². The first kappa shape index (κ1) is 18.2. The second-order valence-electron chi connectivity index (χ2n) is 7.27. The molecule has 3 heterocycles. The van der Waals surface area contributed by atoms with Crippen molar-refractivity contribution in [1.29, 1.82) is 5.26 Å². The van der Waals surface area contributed by atoms with Crippen LogP contribution >= 0.6 is 0 Å². The molecule has 0 radical (unpaired) electrons. The highest BCUT2D eigenvalue weighted by atomic mass is 16.7. The number of hydrogen-bond acceptors (Lipinski definition) is 6. The van der Waals surface area contributed by atoms with Crippen LogP contribution in [0.2, 0.25) is 0 Å². The molecule has 0 unspecified atom stereocenters. The molecule has 4 rings (SSSR count). The zero-order valence-electron chi connectivity index (χ0n) is 15.0. The van der Waals surface area contributed by atoms with Gasteiger partial charge in [0.05, 0.1) is 36.4 Å². The van der Waals surface area contributed by atoms with E-state index in [0.29, 0.717) is 17.9 Å². The number of nitrogens with zero attached hydrogens (tertiary/aromatic N) is 2. The molecular formula is C19H24N4O4. The zero-order valence-corrected chi connectivity index (χ0v) is 15.0. The van der Waals surface area contributed by atoms with Gasteiger partial charge in [-0.1, -0.05) is 12.5 Å². The molecule has 144 valence electrons. The Hall–Kier alpha value is -2.18. The molecule has 27 heavy (non-hydrogen) atoms. The largest absolute Gasteiger partial charge is 0.389 e. The van der Waals surface area contributed by atoms with Crippen LogP contribution in [0.5, 0.6) is 0 Å². The molecule has 3 saturated heterocycles. The summed E-state index contributed by atoms with van der Waals surface area (Å²) in [5.41, 5.74) is 0.983. The number of fused-ring (bicyclic) bond motifs is 2. The molecule has 3 fully saturated rings. The number of carbonyl (C=O) groups is 1. The maximum absolute atomic E-state index is 12.5. The standard InChI is InChI=1S/C19H24N4O4/c20-10-12-5-4-6-13(9-12)21-19(25)22-15-14-11-26-18(27-14)16(17(15)24)23-7-2-1-3-8-23/h4-6,9,14-18,24H,1-3,7-8,11H2,(H2,21,22,25)/t14-,15-,16+,17-,18+/m0/s1. The van der Waals surface area contributed by atoms with Crippen LogP contribution < -0.4 is 10.6 Å². The fraction of sp³-hybridized carbons (Fsp3) is 0.579. The van der Waals surface area contributed by atoms with Crippen molar-refractivity contribution in [2.24, 2.45) is 0 Å². The number of nitriles is 1. The van der Waals surface area contributed by atoms with Gasteiger partial charge < -0.3 is 25.2 Å². The third-order valence-electron chi connectivity index (χ3n) is 5.49. The molecule has 8 nitrogen and oxygen atoms in total. The van der Waals surface area contributed by atoms with Gasteiger partial charge in [-0.15, -0.1) is 0 Å². The summed E-state index contributed by atoms with van der Waals surface area (Å²) in [5.74, 6) is 0. The minimum Gasteiger partial charge on any atom is -0.389 e. The number of ether oxygens (including phenoxy) is 2. The Morgan fingerprint density at radius 1 is 1.30 bits per heavy atom. The molecule has 5 atom stereocenters. The van der Waals surface area contributed by atoms with E-state index < -0.39 is 24.5 Å². The van der Waals surface area contributed by atoms with Crippen molar-refractivity contribution >= 4 is 11.7 Å². The van der Waals surface area contributed by atoms with E-state index >= 15 is 0 Å². The lowest BCUT2D eigenvalue weighted by molar-refractivity contribution is -0.183. The minimum absolute atomic E-state index is 0.281. The monoisotopic (exact) mass is 372 g/mol. The number of aliphatic hydroxyl groups is 1. The van der Waals surface area contributed by atoms with Crippen LogP contribution in [0.15, 0.2) is 24.3 Å². The molecule has 0 aliphatic carbocycles. The molecule has 2 amide bonds. The predicted octanol–water partition coefficient (Wildman–Crippen LogP) is 1.02. The van der Waals surface area contributed by atoms with Crippen molar-refractivity contribution in [2.45, 2.75) is 49.8 Å². The van der Waals surface area contributed by atoms with Gasteiger partial charge in [-0.3, -0.25) is 4.90 Å². The molecule has 3 N–H and O–H groups in total. The van der Waals surface area contributed by atoms with Crippen LogP contribution in [-0.4, -0.2) is 66.3 Å². The Morgan fingerprint density at radius 3 is 2.89 bits per heavy atom. The number of aliphatic hydroxyl groups excluding tert-OH is 1. The first-order valence-corrected chi connectivity index (χ1v) is 9.42. The lowest BCUT2D eigenvalue weighted by Crippen LogP contribution is -2.66. The first-order chi connectivity index (χ1) is 13.2. The van der Waals surface area contributed by atoms with Gasteiger partial charge in [0.1, 0.15) is 6.10 Å². The highest BCUT2D eigenvalue weighted by Crippen LogP contribution is 2.32. The summed E-state index contributed by atoms with van der Waals surface area (Å²) < 4.78 is 11.7. The van der Waals surface area contributed by atoms with Gasteiger partial charge >= 0.3 is 6.03 Å². The van der Waals surface area contributed by atoms with Crippen LogP contribution in [0.3, 0.4) is 0 Å². The Bertz CT molecular complexity index is 731. The minimum atomic E-state index is -0.773. The van der Waals surface area contributed by atoms with Gasteiger partial charge in [-0.25, -0.2) is 4.79 Å². The average Bonchev–Trinajstić information content (AvgIpc) is 3.11. The van der Waals surface area contributed by atoms with Gasteiger partial charge in [0.25, 0.3) is 0 Å². The number of urea groups is 1. The van der Waals surface area contributed by atoms with Gasteiger partial charge in [0.2, 0.25) is 0 Å². The van der Waals surface area contributed by atoms with Crippen molar-refractivity contribution in [1.82, 2.24) is 10.2 Å². The third-order valence-corrected chi connectivity index (χ3v) is 5.49. The second-order valence-corrected chi connectivity index (χ2v) is 7.27. The van der Waals surface area contributed by atoms with Crippen LogP contribution in [-0.2, 0) is 9.47 Å². The van der Waals surface area contributed by atoms with E-state index in [1.807, 2.05) is 6.07 Å². The van der Waals surface area contributed by atoms with Crippen molar-refractivity contribution < 1.29 is 19.4 Å². The smallest absolute Gasteiger partial charge is 0.319 e. The highest BCUT2D eigenvalue weighted by Gasteiger charge is 2.52. The number of hydrogen-bond donors (Lipinski definition) is 3. The van der Waals surface area contributed by atoms with E-state index in [0.717, 1.165) is 25.9 Å². The number of likely N-dealkylation sites (tertiary alicyclic amines) is 1. The van der Waals surface area contributed by atoms with E-state index in [1.165, 1.54) is 6.42 Å². The summed E-state index contributed by atoms with van der Waals surface area (Å²) >= 11 is 0. The van der Waals surface area contributed by atoms with E-state index in [9.17, 15) is 9.90 Å². The molecule has 3 aliphatic rings. The van der Waals surface area contributed by atoms with E-state index in [4.69, 9.17) is 14.7 Å². The van der Waals surface area contributed by atoms with Gasteiger partial charge in [-0.05, 0) is 44.1 Å². The van der Waals surface area contributed by atoms with Crippen molar-refractivity contribution in [2.75, 3.05) is 25.0 Å². The number of carbonyl (C=O) groups excluding carboxylic acids is 1. The summed E-state index contributed by atoms with van der Waals surface area (Å²) in [6.45, 7) is 2.14. The lowest BCUT2D eigenvalue weighted by atomic mass is 9.93. The Morgan fingerprint density at radius 2 is 2.11 bits per heavy atom. The van der Waals surface area contributed by atoms with Crippen LogP contribution in [0.4, 0.5) is 10.5 Å². The number of amides is 2. The quantitative estimate of drug-likeness (QED) is 0.731. The zero-order chi connectivity index (χ0) is 18.8. The van der Waals surface area contributed by atoms with Gasteiger partial charge in [-0.2, -0.15) is 5.26 Å². The lowest BCUT2D eigenvalue weighted by Gasteiger charge is -2.45. The molecule has 2 bridgehead atoms. The molecular weight excluding hydrogens is 348 g/mol. The normalized spacial score (nSPS) is 33.3. The van der Waals surface area contributed by atoms with Crippen LogP contribution in [0.25, 0.3) is 0 Å². The topological polar surface area (TPSA) is 107 Å². The second kappa shape index (κ2) is 7.82.